The van der Waals surface area contributed by atoms with Crippen molar-refractivity contribution in [2.24, 2.45) is 11.1 Å². The van der Waals surface area contributed by atoms with E-state index in [0.717, 1.165) is 4.90 Å². The number of hydrogen-bond donors (Lipinski definition) is 2. The zero-order valence-corrected chi connectivity index (χ0v) is 10.6. The monoisotopic (exact) mass is 252 g/mol. The minimum atomic E-state index is -2.60. The van der Waals surface area contributed by atoms with E-state index in [9.17, 15) is 13.6 Å². The fraction of sp³-hybridized carbons (Fsp3) is 0.909. The number of halogens is 2. The number of carbonyl (C=O) groups is 1. The highest BCUT2D eigenvalue weighted by Crippen LogP contribution is 2.20. The van der Waals surface area contributed by atoms with Gasteiger partial charge in [0.15, 0.2) is 0 Å². The molecule has 0 aliphatic rings. The van der Waals surface area contributed by atoms with Crippen LogP contribution in [-0.2, 0) is 4.79 Å². The third kappa shape index (κ3) is 6.53. The van der Waals surface area contributed by atoms with Crippen LogP contribution in [0.1, 0.15) is 27.2 Å². The molecule has 0 radical (unpaired) electrons. The number of amides is 1. The second-order valence-electron chi connectivity index (χ2n) is 5.13. The summed E-state index contributed by atoms with van der Waals surface area (Å²) in [4.78, 5) is 12.7. The normalized spacial score (nSPS) is 13.9. The summed E-state index contributed by atoms with van der Waals surface area (Å²) in [5.41, 5.74) is 5.56. The third-order valence-electron chi connectivity index (χ3n) is 2.59. The van der Waals surface area contributed by atoms with Gasteiger partial charge in [0.2, 0.25) is 5.91 Å². The Balaban J connectivity index is 4.42. The van der Waals surface area contributed by atoms with Gasteiger partial charge in [-0.3, -0.25) is 4.79 Å². The number of rotatable bonds is 6. The second kappa shape index (κ2) is 6.86. The summed E-state index contributed by atoms with van der Waals surface area (Å²) in [6.07, 6.45) is -2.59. The minimum absolute atomic E-state index is 0.0101. The van der Waals surface area contributed by atoms with Crippen molar-refractivity contribution < 1.29 is 18.7 Å². The second-order valence-corrected chi connectivity index (χ2v) is 5.13. The first kappa shape index (κ1) is 16.2. The van der Waals surface area contributed by atoms with E-state index < -0.39 is 24.9 Å². The molecule has 0 aromatic carbocycles. The zero-order valence-electron chi connectivity index (χ0n) is 10.6. The molecular weight excluding hydrogens is 230 g/mol. The van der Waals surface area contributed by atoms with E-state index in [1.165, 1.54) is 0 Å². The van der Waals surface area contributed by atoms with Crippen molar-refractivity contribution in [3.8, 4) is 0 Å². The van der Waals surface area contributed by atoms with Crippen molar-refractivity contribution in [1.82, 2.24) is 4.90 Å². The SMILES string of the molecule is CC(C)(C)C(N)CC(=O)N(CCO)CC(F)F. The Labute approximate surface area is 101 Å². The molecule has 4 nitrogen and oxygen atoms in total. The molecule has 1 amide bonds. The Morgan fingerprint density at radius 1 is 1.41 bits per heavy atom. The predicted octanol–water partition coefficient (Wildman–Crippen LogP) is 0.836. The van der Waals surface area contributed by atoms with Gasteiger partial charge in [0.05, 0.1) is 13.2 Å². The molecule has 0 aromatic rings. The van der Waals surface area contributed by atoms with E-state index in [2.05, 4.69) is 0 Å². The largest absolute Gasteiger partial charge is 0.395 e. The van der Waals surface area contributed by atoms with Crippen molar-refractivity contribution in [1.29, 1.82) is 0 Å². The van der Waals surface area contributed by atoms with Crippen LogP contribution in [0.25, 0.3) is 0 Å². The van der Waals surface area contributed by atoms with Gasteiger partial charge in [-0.25, -0.2) is 8.78 Å². The van der Waals surface area contributed by atoms with Crippen molar-refractivity contribution >= 4 is 5.91 Å². The Kier molecular flexibility index (Phi) is 6.56. The van der Waals surface area contributed by atoms with Crippen molar-refractivity contribution in [3.05, 3.63) is 0 Å². The molecular formula is C11H22F2N2O2. The number of alkyl halides is 2. The number of aliphatic hydroxyl groups excluding tert-OH is 1. The van der Waals surface area contributed by atoms with Crippen LogP contribution in [0.4, 0.5) is 8.78 Å². The Hall–Kier alpha value is -0.750. The Morgan fingerprint density at radius 3 is 2.29 bits per heavy atom. The van der Waals surface area contributed by atoms with E-state index in [-0.39, 0.29) is 25.0 Å². The van der Waals surface area contributed by atoms with Gasteiger partial charge in [-0.2, -0.15) is 0 Å². The summed E-state index contributed by atoms with van der Waals surface area (Å²) in [5, 5.41) is 8.72. The lowest BCUT2D eigenvalue weighted by molar-refractivity contribution is -0.134. The van der Waals surface area contributed by atoms with Crippen LogP contribution in [0.3, 0.4) is 0 Å². The molecule has 0 rings (SSSR count). The molecule has 0 fully saturated rings. The molecule has 0 aromatic heterocycles. The van der Waals surface area contributed by atoms with E-state index >= 15 is 0 Å². The fourth-order valence-corrected chi connectivity index (χ4v) is 1.23. The van der Waals surface area contributed by atoms with Crippen LogP contribution in [0, 0.1) is 5.41 Å². The van der Waals surface area contributed by atoms with Gasteiger partial charge < -0.3 is 15.7 Å². The summed E-state index contributed by atoms with van der Waals surface area (Å²) in [6, 6.07) is -0.395. The molecule has 0 bridgehead atoms. The van der Waals surface area contributed by atoms with Crippen LogP contribution < -0.4 is 5.73 Å². The van der Waals surface area contributed by atoms with Gasteiger partial charge in [-0.1, -0.05) is 20.8 Å². The molecule has 0 aliphatic heterocycles. The lowest BCUT2D eigenvalue weighted by atomic mass is 9.85. The molecule has 0 heterocycles. The first-order valence-electron chi connectivity index (χ1n) is 5.60. The number of carbonyl (C=O) groups excluding carboxylic acids is 1. The van der Waals surface area contributed by atoms with Crippen LogP contribution in [-0.4, -0.2) is 48.1 Å². The Morgan fingerprint density at radius 2 is 1.94 bits per heavy atom. The topological polar surface area (TPSA) is 66.6 Å². The summed E-state index contributed by atoms with van der Waals surface area (Å²) in [6.45, 7) is 4.58. The van der Waals surface area contributed by atoms with Gasteiger partial charge in [0.1, 0.15) is 0 Å². The summed E-state index contributed by atoms with van der Waals surface area (Å²) >= 11 is 0. The summed E-state index contributed by atoms with van der Waals surface area (Å²) in [5.74, 6) is -0.443. The first-order chi connectivity index (χ1) is 7.68. The predicted molar refractivity (Wildman–Crippen MR) is 61.7 cm³/mol. The maximum atomic E-state index is 12.2. The van der Waals surface area contributed by atoms with E-state index in [1.807, 2.05) is 20.8 Å². The van der Waals surface area contributed by atoms with Gasteiger partial charge in [0.25, 0.3) is 6.43 Å². The number of nitrogens with zero attached hydrogens (tertiary/aromatic N) is 1. The molecule has 102 valence electrons. The smallest absolute Gasteiger partial charge is 0.255 e. The van der Waals surface area contributed by atoms with Crippen molar-refractivity contribution in [3.63, 3.8) is 0 Å². The average Bonchev–Trinajstić information content (AvgIpc) is 2.14. The fourth-order valence-electron chi connectivity index (χ4n) is 1.23. The molecule has 0 saturated heterocycles. The van der Waals surface area contributed by atoms with Gasteiger partial charge in [-0.15, -0.1) is 0 Å². The number of nitrogens with two attached hydrogens (primary N) is 1. The van der Waals surface area contributed by atoms with Gasteiger partial charge >= 0.3 is 0 Å². The van der Waals surface area contributed by atoms with Gasteiger partial charge in [0, 0.05) is 19.0 Å². The van der Waals surface area contributed by atoms with Crippen LogP contribution in [0.5, 0.6) is 0 Å². The minimum Gasteiger partial charge on any atom is -0.395 e. The lowest BCUT2D eigenvalue weighted by Gasteiger charge is -2.29. The standard InChI is InChI=1S/C11H22F2N2O2/c1-11(2,3)8(14)6-10(17)15(4-5-16)7-9(12)13/h8-9,16H,4-7,14H2,1-3H3. The molecule has 1 unspecified atom stereocenters. The summed E-state index contributed by atoms with van der Waals surface area (Å²) < 4.78 is 24.5. The van der Waals surface area contributed by atoms with E-state index in [0.29, 0.717) is 0 Å². The van der Waals surface area contributed by atoms with Crippen molar-refractivity contribution in [2.75, 3.05) is 19.7 Å². The third-order valence-corrected chi connectivity index (χ3v) is 2.59. The maximum absolute atomic E-state index is 12.2. The van der Waals surface area contributed by atoms with E-state index in [1.54, 1.807) is 0 Å². The van der Waals surface area contributed by atoms with E-state index in [4.69, 9.17) is 10.8 Å². The molecule has 0 aliphatic carbocycles. The quantitative estimate of drug-likeness (QED) is 0.736. The number of aliphatic hydroxyl groups is 1. The highest BCUT2D eigenvalue weighted by Gasteiger charge is 2.26. The summed E-state index contributed by atoms with van der Waals surface area (Å²) in [7, 11) is 0. The van der Waals surface area contributed by atoms with Crippen molar-refractivity contribution in [2.45, 2.75) is 39.7 Å². The maximum Gasteiger partial charge on any atom is 0.255 e. The zero-order chi connectivity index (χ0) is 13.6. The number of hydrogen-bond acceptors (Lipinski definition) is 3. The average molecular weight is 252 g/mol. The first-order valence-corrected chi connectivity index (χ1v) is 5.60. The van der Waals surface area contributed by atoms with Crippen LogP contribution >= 0.6 is 0 Å². The molecule has 0 spiro atoms. The Bertz CT molecular complexity index is 242. The van der Waals surface area contributed by atoms with Gasteiger partial charge in [-0.05, 0) is 5.41 Å². The molecule has 6 heteroatoms. The highest BCUT2D eigenvalue weighted by molar-refractivity contribution is 5.77. The van der Waals surface area contributed by atoms with Crippen LogP contribution in [0.15, 0.2) is 0 Å². The lowest BCUT2D eigenvalue weighted by Crippen LogP contribution is -2.44. The molecule has 0 saturated carbocycles. The highest BCUT2D eigenvalue weighted by atomic mass is 19.3. The molecule has 1 atom stereocenters. The van der Waals surface area contributed by atoms with Crippen LogP contribution in [0.2, 0.25) is 0 Å². The molecule has 17 heavy (non-hydrogen) atoms. The molecule has 3 N–H and O–H groups in total.